The summed E-state index contributed by atoms with van der Waals surface area (Å²) in [6.45, 7) is 2.08. The fourth-order valence-electron chi connectivity index (χ4n) is 2.12. The molecule has 0 saturated carbocycles. The summed E-state index contributed by atoms with van der Waals surface area (Å²) >= 11 is 0. The SMILES string of the molecule is COc1ccc(C(=O)OCc2ccc(C)cc2)cc1S(=O)(=O)N(C)C. The van der Waals surface area contributed by atoms with Gasteiger partial charge in [0.15, 0.2) is 0 Å². The van der Waals surface area contributed by atoms with Gasteiger partial charge in [0.05, 0.1) is 12.7 Å². The molecule has 7 heteroatoms. The number of benzene rings is 2. The highest BCUT2D eigenvalue weighted by Crippen LogP contribution is 2.27. The van der Waals surface area contributed by atoms with Crippen LogP contribution in [0.4, 0.5) is 0 Å². The van der Waals surface area contributed by atoms with Crippen LogP contribution in [0, 0.1) is 6.92 Å². The maximum atomic E-state index is 12.4. The van der Waals surface area contributed by atoms with Crippen molar-refractivity contribution in [3.8, 4) is 5.75 Å². The quantitative estimate of drug-likeness (QED) is 0.738. The number of sulfonamides is 1. The highest BCUT2D eigenvalue weighted by Gasteiger charge is 2.24. The molecule has 0 fully saturated rings. The van der Waals surface area contributed by atoms with Crippen LogP contribution >= 0.6 is 0 Å². The van der Waals surface area contributed by atoms with E-state index < -0.39 is 16.0 Å². The Hall–Kier alpha value is -2.38. The van der Waals surface area contributed by atoms with Gasteiger partial charge in [0.25, 0.3) is 0 Å². The first kappa shape index (κ1) is 19.0. The highest BCUT2D eigenvalue weighted by molar-refractivity contribution is 7.89. The maximum absolute atomic E-state index is 12.4. The molecule has 0 aromatic heterocycles. The molecule has 0 amide bonds. The molecular formula is C18H21NO5S. The maximum Gasteiger partial charge on any atom is 0.338 e. The Morgan fingerprint density at radius 3 is 2.28 bits per heavy atom. The molecule has 6 nitrogen and oxygen atoms in total. The first-order chi connectivity index (χ1) is 11.8. The van der Waals surface area contributed by atoms with Crippen molar-refractivity contribution in [1.82, 2.24) is 4.31 Å². The largest absolute Gasteiger partial charge is 0.495 e. The molecule has 0 unspecified atom stereocenters. The van der Waals surface area contributed by atoms with E-state index in [9.17, 15) is 13.2 Å². The molecule has 2 rings (SSSR count). The molecule has 0 aliphatic rings. The second kappa shape index (κ2) is 7.67. The van der Waals surface area contributed by atoms with Crippen molar-refractivity contribution in [2.45, 2.75) is 18.4 Å². The molecule has 2 aromatic carbocycles. The van der Waals surface area contributed by atoms with Gasteiger partial charge < -0.3 is 9.47 Å². The number of carbonyl (C=O) groups excluding carboxylic acids is 1. The normalized spacial score (nSPS) is 11.4. The first-order valence-electron chi connectivity index (χ1n) is 7.59. The third kappa shape index (κ3) is 4.37. The topological polar surface area (TPSA) is 72.9 Å². The lowest BCUT2D eigenvalue weighted by Crippen LogP contribution is -2.23. The monoisotopic (exact) mass is 363 g/mol. The van der Waals surface area contributed by atoms with Gasteiger partial charge in [0, 0.05) is 14.1 Å². The van der Waals surface area contributed by atoms with Crippen LogP contribution in [0.3, 0.4) is 0 Å². The fourth-order valence-corrected chi connectivity index (χ4v) is 3.19. The zero-order valence-corrected chi connectivity index (χ0v) is 15.5. The molecule has 0 atom stereocenters. The summed E-state index contributed by atoms with van der Waals surface area (Å²) in [5.41, 5.74) is 2.12. The summed E-state index contributed by atoms with van der Waals surface area (Å²) in [6, 6.07) is 11.8. The van der Waals surface area contributed by atoms with E-state index in [-0.39, 0.29) is 22.8 Å². The Bertz CT molecular complexity index is 858. The van der Waals surface area contributed by atoms with Gasteiger partial charge in [-0.3, -0.25) is 0 Å². The summed E-state index contributed by atoms with van der Waals surface area (Å²) < 4.78 is 36.2. The van der Waals surface area contributed by atoms with Gasteiger partial charge in [0.2, 0.25) is 10.0 Å². The van der Waals surface area contributed by atoms with Crippen LogP contribution in [0.1, 0.15) is 21.5 Å². The molecule has 0 radical (unpaired) electrons. The third-order valence-corrected chi connectivity index (χ3v) is 5.48. The number of esters is 1. The second-order valence-electron chi connectivity index (χ2n) is 5.71. The predicted octanol–water partition coefficient (Wildman–Crippen LogP) is 2.61. The van der Waals surface area contributed by atoms with Crippen molar-refractivity contribution < 1.29 is 22.7 Å². The molecule has 0 bridgehead atoms. The number of rotatable bonds is 6. The molecular weight excluding hydrogens is 342 g/mol. The molecule has 0 N–H and O–H groups in total. The first-order valence-corrected chi connectivity index (χ1v) is 9.03. The average Bonchev–Trinajstić information content (AvgIpc) is 2.60. The molecule has 134 valence electrons. The second-order valence-corrected chi connectivity index (χ2v) is 7.84. The standard InChI is InChI=1S/C18H21NO5S/c1-13-5-7-14(8-6-13)12-24-18(20)15-9-10-16(23-4)17(11-15)25(21,22)19(2)3/h5-11H,12H2,1-4H3. The van der Waals surface area contributed by atoms with E-state index in [0.717, 1.165) is 15.4 Å². The number of carbonyl (C=O) groups is 1. The van der Waals surface area contributed by atoms with E-state index in [1.165, 1.54) is 39.4 Å². The number of nitrogens with zero attached hydrogens (tertiary/aromatic N) is 1. The van der Waals surface area contributed by atoms with Crippen molar-refractivity contribution >= 4 is 16.0 Å². The minimum Gasteiger partial charge on any atom is -0.495 e. The summed E-state index contributed by atoms with van der Waals surface area (Å²) in [5, 5.41) is 0. The minimum atomic E-state index is -3.75. The van der Waals surface area contributed by atoms with Gasteiger partial charge in [-0.2, -0.15) is 0 Å². The molecule has 0 aliphatic carbocycles. The van der Waals surface area contributed by atoms with E-state index in [1.807, 2.05) is 31.2 Å². The van der Waals surface area contributed by atoms with Gasteiger partial charge in [-0.25, -0.2) is 17.5 Å². The van der Waals surface area contributed by atoms with Crippen LogP contribution in [-0.2, 0) is 21.4 Å². The molecule has 2 aromatic rings. The lowest BCUT2D eigenvalue weighted by molar-refractivity contribution is 0.0472. The van der Waals surface area contributed by atoms with E-state index in [1.54, 1.807) is 0 Å². The molecule has 0 saturated heterocycles. The van der Waals surface area contributed by atoms with Gasteiger partial charge in [0.1, 0.15) is 17.3 Å². The number of hydrogen-bond donors (Lipinski definition) is 0. The van der Waals surface area contributed by atoms with Crippen molar-refractivity contribution in [3.05, 3.63) is 59.2 Å². The molecule has 0 heterocycles. The van der Waals surface area contributed by atoms with Crippen molar-refractivity contribution in [3.63, 3.8) is 0 Å². The van der Waals surface area contributed by atoms with Gasteiger partial charge in [-0.05, 0) is 30.7 Å². The third-order valence-electron chi connectivity index (χ3n) is 3.65. The fraction of sp³-hybridized carbons (Fsp3) is 0.278. The Balaban J connectivity index is 2.24. The summed E-state index contributed by atoms with van der Waals surface area (Å²) in [4.78, 5) is 12.2. The van der Waals surface area contributed by atoms with Crippen LogP contribution in [0.5, 0.6) is 5.75 Å². The van der Waals surface area contributed by atoms with Crippen LogP contribution in [0.15, 0.2) is 47.4 Å². The van der Waals surface area contributed by atoms with Crippen molar-refractivity contribution in [1.29, 1.82) is 0 Å². The summed E-state index contributed by atoms with van der Waals surface area (Å²) in [7, 11) is 0.455. The average molecular weight is 363 g/mol. The summed E-state index contributed by atoms with van der Waals surface area (Å²) in [6.07, 6.45) is 0. The Labute approximate surface area is 148 Å². The zero-order chi connectivity index (χ0) is 18.6. The van der Waals surface area contributed by atoms with E-state index in [4.69, 9.17) is 9.47 Å². The van der Waals surface area contributed by atoms with Gasteiger partial charge in [-0.15, -0.1) is 0 Å². The van der Waals surface area contributed by atoms with Gasteiger partial charge >= 0.3 is 5.97 Å². The minimum absolute atomic E-state index is 0.0789. The number of ether oxygens (including phenoxy) is 2. The number of methoxy groups -OCH3 is 1. The van der Waals surface area contributed by atoms with E-state index in [0.29, 0.717) is 0 Å². The lowest BCUT2D eigenvalue weighted by Gasteiger charge is -2.15. The number of hydrogen-bond acceptors (Lipinski definition) is 5. The predicted molar refractivity (Wildman–Crippen MR) is 94.2 cm³/mol. The molecule has 0 aliphatic heterocycles. The van der Waals surface area contributed by atoms with Crippen LogP contribution in [0.25, 0.3) is 0 Å². The Morgan fingerprint density at radius 2 is 1.72 bits per heavy atom. The van der Waals surface area contributed by atoms with Crippen LogP contribution in [-0.4, -0.2) is 39.9 Å². The van der Waals surface area contributed by atoms with E-state index in [2.05, 4.69) is 0 Å². The molecule has 25 heavy (non-hydrogen) atoms. The van der Waals surface area contributed by atoms with E-state index >= 15 is 0 Å². The Kier molecular flexibility index (Phi) is 5.81. The zero-order valence-electron chi connectivity index (χ0n) is 14.6. The van der Waals surface area contributed by atoms with Crippen molar-refractivity contribution in [2.24, 2.45) is 0 Å². The van der Waals surface area contributed by atoms with Crippen LogP contribution < -0.4 is 4.74 Å². The smallest absolute Gasteiger partial charge is 0.338 e. The van der Waals surface area contributed by atoms with Gasteiger partial charge in [-0.1, -0.05) is 29.8 Å². The molecule has 0 spiro atoms. The van der Waals surface area contributed by atoms with Crippen molar-refractivity contribution in [2.75, 3.05) is 21.2 Å². The summed E-state index contributed by atoms with van der Waals surface area (Å²) in [5.74, 6) is -0.429. The lowest BCUT2D eigenvalue weighted by atomic mass is 10.2. The Morgan fingerprint density at radius 1 is 1.08 bits per heavy atom. The number of aryl methyl sites for hydroxylation is 1. The highest BCUT2D eigenvalue weighted by atomic mass is 32.2. The van der Waals surface area contributed by atoms with Crippen LogP contribution in [0.2, 0.25) is 0 Å².